The maximum Gasteiger partial charge on any atom is 0.148 e. The summed E-state index contributed by atoms with van der Waals surface area (Å²) in [6.45, 7) is 4.10. The Bertz CT molecular complexity index is 1000. The Kier molecular flexibility index (Phi) is 6.85. The molecule has 0 bridgehead atoms. The lowest BCUT2D eigenvalue weighted by Crippen LogP contribution is -2.33. The number of H-pyrrole nitrogens is 1. The number of hydrogen-bond acceptors (Lipinski definition) is 7. The summed E-state index contributed by atoms with van der Waals surface area (Å²) < 4.78 is 0. The molecule has 3 aromatic rings. The van der Waals surface area contributed by atoms with Crippen molar-refractivity contribution in [2.45, 2.75) is 58.0 Å². The molecule has 2 N–H and O–H groups in total. The van der Waals surface area contributed by atoms with Crippen molar-refractivity contribution in [3.8, 4) is 6.07 Å². The predicted octanol–water partition coefficient (Wildman–Crippen LogP) is 4.28. The third-order valence-corrected chi connectivity index (χ3v) is 5.60. The zero-order chi connectivity index (χ0) is 21.5. The van der Waals surface area contributed by atoms with Crippen molar-refractivity contribution >= 4 is 11.5 Å². The van der Waals surface area contributed by atoms with Gasteiger partial charge in [0.25, 0.3) is 0 Å². The highest BCUT2D eigenvalue weighted by Crippen LogP contribution is 2.31. The van der Waals surface area contributed by atoms with E-state index >= 15 is 0 Å². The first-order chi connectivity index (χ1) is 15.2. The number of hydrogen-bond donors (Lipinski definition) is 2. The maximum absolute atomic E-state index is 8.86. The smallest absolute Gasteiger partial charge is 0.148 e. The standard InChI is InChI=1S/C23H28N8/c1-2-3-7-22-27-13-19(30-22)16-31-10-5-4-6-21(31)20-14-28-23(15-26-20)29-18-9-8-17(11-24)25-12-18/h8-9,12-15,21H,2-7,10,16H2,1H3,(H,27,30)(H,28,29). The Morgan fingerprint density at radius 3 is 2.81 bits per heavy atom. The molecule has 1 aliphatic heterocycles. The summed E-state index contributed by atoms with van der Waals surface area (Å²) in [5.74, 6) is 1.74. The number of imidazole rings is 1. The van der Waals surface area contributed by atoms with Gasteiger partial charge >= 0.3 is 0 Å². The van der Waals surface area contributed by atoms with Crippen LogP contribution < -0.4 is 5.32 Å². The van der Waals surface area contributed by atoms with Crippen LogP contribution in [0.4, 0.5) is 11.5 Å². The minimum Gasteiger partial charge on any atom is -0.345 e. The van der Waals surface area contributed by atoms with Gasteiger partial charge in [-0.25, -0.2) is 15.0 Å². The van der Waals surface area contributed by atoms with Crippen LogP contribution in [0.5, 0.6) is 0 Å². The molecule has 160 valence electrons. The second kappa shape index (κ2) is 10.1. The van der Waals surface area contributed by atoms with Gasteiger partial charge in [-0.1, -0.05) is 19.8 Å². The number of rotatable bonds is 8. The summed E-state index contributed by atoms with van der Waals surface area (Å²) in [7, 11) is 0. The molecule has 31 heavy (non-hydrogen) atoms. The molecule has 0 radical (unpaired) electrons. The minimum atomic E-state index is 0.259. The van der Waals surface area contributed by atoms with E-state index in [1.54, 1.807) is 18.5 Å². The lowest BCUT2D eigenvalue weighted by atomic mass is 9.99. The Balaban J connectivity index is 1.41. The van der Waals surface area contributed by atoms with Crippen LogP contribution in [0, 0.1) is 11.3 Å². The third kappa shape index (κ3) is 5.44. The van der Waals surface area contributed by atoms with Crippen molar-refractivity contribution in [3.63, 3.8) is 0 Å². The molecule has 4 heterocycles. The quantitative estimate of drug-likeness (QED) is 0.564. The van der Waals surface area contributed by atoms with E-state index in [1.165, 1.54) is 19.3 Å². The number of aryl methyl sites for hydroxylation is 1. The van der Waals surface area contributed by atoms with Crippen molar-refractivity contribution in [1.29, 1.82) is 5.26 Å². The first-order valence-electron chi connectivity index (χ1n) is 11.0. The average molecular weight is 417 g/mol. The van der Waals surface area contributed by atoms with Gasteiger partial charge in [0.15, 0.2) is 0 Å². The lowest BCUT2D eigenvalue weighted by Gasteiger charge is -2.34. The summed E-state index contributed by atoms with van der Waals surface area (Å²) in [4.78, 5) is 23.8. The van der Waals surface area contributed by atoms with E-state index in [1.807, 2.05) is 24.5 Å². The molecule has 0 spiro atoms. The fourth-order valence-electron chi connectivity index (χ4n) is 3.95. The van der Waals surface area contributed by atoms with Crippen molar-refractivity contribution in [3.05, 3.63) is 59.8 Å². The van der Waals surface area contributed by atoms with Crippen molar-refractivity contribution in [1.82, 2.24) is 29.8 Å². The zero-order valence-electron chi connectivity index (χ0n) is 17.9. The van der Waals surface area contributed by atoms with Crippen LogP contribution in [0.25, 0.3) is 0 Å². The number of nitrogens with one attached hydrogen (secondary N) is 2. The van der Waals surface area contributed by atoms with Gasteiger partial charge in [-0.05, 0) is 37.9 Å². The first kappa shape index (κ1) is 20.9. The van der Waals surface area contributed by atoms with Gasteiger partial charge in [0.1, 0.15) is 23.4 Å². The third-order valence-electron chi connectivity index (χ3n) is 5.60. The summed E-state index contributed by atoms with van der Waals surface area (Å²) in [6, 6.07) is 5.76. The van der Waals surface area contributed by atoms with E-state index in [0.29, 0.717) is 11.5 Å². The Morgan fingerprint density at radius 2 is 2.06 bits per heavy atom. The van der Waals surface area contributed by atoms with Crippen LogP contribution in [-0.4, -0.2) is 36.4 Å². The highest BCUT2D eigenvalue weighted by Gasteiger charge is 2.26. The molecule has 8 heteroatoms. The average Bonchev–Trinajstić information content (AvgIpc) is 3.26. The lowest BCUT2D eigenvalue weighted by molar-refractivity contribution is 0.135. The first-order valence-corrected chi connectivity index (χ1v) is 11.0. The zero-order valence-corrected chi connectivity index (χ0v) is 17.9. The van der Waals surface area contributed by atoms with E-state index in [2.05, 4.69) is 37.1 Å². The number of aromatic amines is 1. The van der Waals surface area contributed by atoms with E-state index in [4.69, 9.17) is 10.2 Å². The number of aromatic nitrogens is 5. The van der Waals surface area contributed by atoms with Gasteiger partial charge in [0, 0.05) is 24.9 Å². The molecule has 0 amide bonds. The Morgan fingerprint density at radius 1 is 1.13 bits per heavy atom. The maximum atomic E-state index is 8.86. The molecule has 1 saturated heterocycles. The molecule has 1 unspecified atom stereocenters. The summed E-state index contributed by atoms with van der Waals surface area (Å²) >= 11 is 0. The Labute approximate surface area is 182 Å². The minimum absolute atomic E-state index is 0.259. The van der Waals surface area contributed by atoms with E-state index in [9.17, 15) is 0 Å². The van der Waals surface area contributed by atoms with Crippen molar-refractivity contribution in [2.75, 3.05) is 11.9 Å². The van der Waals surface area contributed by atoms with E-state index in [0.717, 1.165) is 55.3 Å². The fraction of sp³-hybridized carbons (Fsp3) is 0.435. The highest BCUT2D eigenvalue weighted by molar-refractivity contribution is 5.54. The molecule has 1 aliphatic rings. The largest absolute Gasteiger partial charge is 0.345 e. The molecule has 1 atom stereocenters. The molecule has 0 aromatic carbocycles. The SMILES string of the molecule is CCCCc1ncc(CN2CCCCC2c2cnc(Nc3ccc(C#N)nc3)cn2)[nH]1. The van der Waals surface area contributed by atoms with Crippen LogP contribution in [0.1, 0.15) is 68.0 Å². The molecule has 3 aromatic heterocycles. The monoisotopic (exact) mass is 416 g/mol. The normalized spacial score (nSPS) is 16.7. The van der Waals surface area contributed by atoms with Crippen LogP contribution in [0.3, 0.4) is 0 Å². The summed E-state index contributed by atoms with van der Waals surface area (Å²) in [5.41, 5.74) is 3.32. The predicted molar refractivity (Wildman–Crippen MR) is 118 cm³/mol. The van der Waals surface area contributed by atoms with Gasteiger partial charge in [0.05, 0.1) is 36.0 Å². The van der Waals surface area contributed by atoms with E-state index in [-0.39, 0.29) is 6.04 Å². The molecular weight excluding hydrogens is 388 g/mol. The number of piperidine rings is 1. The van der Waals surface area contributed by atoms with E-state index < -0.39 is 0 Å². The molecule has 8 nitrogen and oxygen atoms in total. The van der Waals surface area contributed by atoms with Crippen LogP contribution in [-0.2, 0) is 13.0 Å². The molecule has 4 rings (SSSR count). The van der Waals surface area contributed by atoms with Crippen molar-refractivity contribution < 1.29 is 0 Å². The van der Waals surface area contributed by atoms with Gasteiger partial charge in [-0.3, -0.25) is 9.88 Å². The summed E-state index contributed by atoms with van der Waals surface area (Å²) in [5, 5.41) is 12.0. The topological polar surface area (TPSA) is 106 Å². The highest BCUT2D eigenvalue weighted by atomic mass is 15.2. The number of likely N-dealkylation sites (tertiary alicyclic amines) is 1. The molecule has 1 fully saturated rings. The number of nitriles is 1. The van der Waals surface area contributed by atoms with Crippen LogP contribution in [0.2, 0.25) is 0 Å². The van der Waals surface area contributed by atoms with Gasteiger partial charge in [-0.15, -0.1) is 0 Å². The van der Waals surface area contributed by atoms with Crippen LogP contribution in [0.15, 0.2) is 36.9 Å². The molecule has 0 saturated carbocycles. The fourth-order valence-corrected chi connectivity index (χ4v) is 3.95. The van der Waals surface area contributed by atoms with Crippen molar-refractivity contribution in [2.24, 2.45) is 0 Å². The van der Waals surface area contributed by atoms with Gasteiger partial charge < -0.3 is 10.3 Å². The van der Waals surface area contributed by atoms with Gasteiger partial charge in [0.2, 0.25) is 0 Å². The second-order valence-corrected chi connectivity index (χ2v) is 7.94. The molecule has 0 aliphatic carbocycles. The number of pyridine rings is 1. The van der Waals surface area contributed by atoms with Crippen LogP contribution >= 0.6 is 0 Å². The number of nitrogens with zero attached hydrogens (tertiary/aromatic N) is 6. The molecular formula is C23H28N8. The second-order valence-electron chi connectivity index (χ2n) is 7.94. The number of unbranched alkanes of at least 4 members (excludes halogenated alkanes) is 1. The van der Waals surface area contributed by atoms with Gasteiger partial charge in [-0.2, -0.15) is 5.26 Å². The number of anilines is 2. The Hall–Kier alpha value is -3.31. The summed E-state index contributed by atoms with van der Waals surface area (Å²) in [6.07, 6.45) is 14.0.